The summed E-state index contributed by atoms with van der Waals surface area (Å²) in [6, 6.07) is 0.0405. The summed E-state index contributed by atoms with van der Waals surface area (Å²) in [5.74, 6) is 0.619. The van der Waals surface area contributed by atoms with E-state index in [4.69, 9.17) is 5.73 Å². The third kappa shape index (κ3) is 1.86. The summed E-state index contributed by atoms with van der Waals surface area (Å²) in [5, 5.41) is 4.03. The summed E-state index contributed by atoms with van der Waals surface area (Å²) >= 11 is 0. The van der Waals surface area contributed by atoms with Crippen molar-refractivity contribution in [3.05, 3.63) is 20.8 Å². The summed E-state index contributed by atoms with van der Waals surface area (Å²) in [6.07, 6.45) is 0. The van der Waals surface area contributed by atoms with Gasteiger partial charge in [0.05, 0.1) is 0 Å². The van der Waals surface area contributed by atoms with Gasteiger partial charge in [0.1, 0.15) is 0 Å². The highest BCUT2D eigenvalue weighted by Crippen LogP contribution is 2.17. The molecule has 2 unspecified atom stereocenters. The van der Waals surface area contributed by atoms with Crippen molar-refractivity contribution in [1.82, 2.24) is 14.3 Å². The molecule has 17 heavy (non-hydrogen) atoms. The van der Waals surface area contributed by atoms with Crippen molar-refractivity contribution in [3.8, 4) is 0 Å². The van der Waals surface area contributed by atoms with E-state index in [9.17, 15) is 9.59 Å². The number of anilines is 1. The van der Waals surface area contributed by atoms with Crippen molar-refractivity contribution in [2.24, 2.45) is 25.7 Å². The van der Waals surface area contributed by atoms with Gasteiger partial charge in [-0.2, -0.15) is 0 Å². The highest BCUT2D eigenvalue weighted by atomic mass is 16.2. The summed E-state index contributed by atoms with van der Waals surface area (Å²) in [4.78, 5) is 25.3. The van der Waals surface area contributed by atoms with Crippen LogP contribution in [0.3, 0.4) is 0 Å². The van der Waals surface area contributed by atoms with Crippen LogP contribution >= 0.6 is 0 Å². The Kier molecular flexibility index (Phi) is 2.78. The quantitative estimate of drug-likeness (QED) is 0.629. The maximum Gasteiger partial charge on any atom is 0.346 e. The van der Waals surface area contributed by atoms with Crippen LogP contribution in [0, 0.1) is 5.92 Å². The van der Waals surface area contributed by atoms with Crippen LogP contribution in [0.2, 0.25) is 0 Å². The van der Waals surface area contributed by atoms with E-state index >= 15 is 0 Å². The second-order valence-electron chi connectivity index (χ2n) is 4.64. The maximum absolute atomic E-state index is 11.9. The van der Waals surface area contributed by atoms with E-state index in [0.717, 1.165) is 4.57 Å². The molecule has 1 fully saturated rings. The topological polar surface area (TPSA) is 86.2 Å². The number of nitrogens with two attached hydrogens (primary N) is 1. The standard InChI is InChI=1S/C10H17N5O2/c1-6-4-15(5-7(6)11)8-9(16)13(2)10(17)14(3)12-8/h6-7H,4-5,11H2,1-3H3. The highest BCUT2D eigenvalue weighted by molar-refractivity contribution is 5.37. The first kappa shape index (κ1) is 11.8. The van der Waals surface area contributed by atoms with Gasteiger partial charge in [0.15, 0.2) is 0 Å². The van der Waals surface area contributed by atoms with Crippen LogP contribution in [0.15, 0.2) is 9.59 Å². The minimum absolute atomic E-state index is 0.0405. The van der Waals surface area contributed by atoms with Gasteiger partial charge in [0, 0.05) is 33.2 Å². The minimum Gasteiger partial charge on any atom is -0.349 e. The molecule has 94 valence electrons. The number of hydrogen-bond donors (Lipinski definition) is 1. The molecule has 1 aliphatic heterocycles. The van der Waals surface area contributed by atoms with E-state index in [1.807, 2.05) is 11.8 Å². The fourth-order valence-corrected chi connectivity index (χ4v) is 2.05. The Morgan fingerprint density at radius 3 is 2.47 bits per heavy atom. The minimum atomic E-state index is -0.421. The summed E-state index contributed by atoms with van der Waals surface area (Å²) in [6.45, 7) is 3.33. The number of aryl methyl sites for hydroxylation is 1. The second-order valence-corrected chi connectivity index (χ2v) is 4.64. The van der Waals surface area contributed by atoms with Crippen LogP contribution in [0.5, 0.6) is 0 Å². The van der Waals surface area contributed by atoms with Crippen molar-refractivity contribution in [2.45, 2.75) is 13.0 Å². The van der Waals surface area contributed by atoms with Gasteiger partial charge in [-0.05, 0) is 5.92 Å². The predicted molar refractivity (Wildman–Crippen MR) is 64.1 cm³/mol. The molecule has 1 aromatic heterocycles. The number of nitrogens with zero attached hydrogens (tertiary/aromatic N) is 4. The maximum atomic E-state index is 11.9. The average Bonchev–Trinajstić information content (AvgIpc) is 2.61. The van der Waals surface area contributed by atoms with E-state index < -0.39 is 5.69 Å². The molecule has 0 aliphatic carbocycles. The van der Waals surface area contributed by atoms with E-state index in [1.165, 1.54) is 18.8 Å². The molecule has 0 saturated carbocycles. The number of aromatic nitrogens is 3. The molecule has 1 saturated heterocycles. The van der Waals surface area contributed by atoms with Crippen LogP contribution in [-0.4, -0.2) is 33.5 Å². The van der Waals surface area contributed by atoms with E-state index in [0.29, 0.717) is 24.8 Å². The molecule has 2 atom stereocenters. The number of rotatable bonds is 1. The average molecular weight is 239 g/mol. The van der Waals surface area contributed by atoms with E-state index in [1.54, 1.807) is 0 Å². The monoisotopic (exact) mass is 239 g/mol. The zero-order valence-electron chi connectivity index (χ0n) is 10.3. The van der Waals surface area contributed by atoms with Gasteiger partial charge in [-0.1, -0.05) is 6.92 Å². The van der Waals surface area contributed by atoms with Gasteiger partial charge in [0.2, 0.25) is 5.82 Å². The SMILES string of the molecule is CC1CN(c2nn(C)c(=O)n(C)c2=O)CC1N. The molecule has 2 heterocycles. The van der Waals surface area contributed by atoms with Gasteiger partial charge in [-0.3, -0.25) is 9.36 Å². The van der Waals surface area contributed by atoms with E-state index in [2.05, 4.69) is 5.10 Å². The molecule has 1 aliphatic rings. The molecule has 0 bridgehead atoms. The second kappa shape index (κ2) is 3.99. The van der Waals surface area contributed by atoms with E-state index in [-0.39, 0.29) is 11.6 Å². The molecule has 7 nitrogen and oxygen atoms in total. The van der Waals surface area contributed by atoms with Crippen LogP contribution in [0.25, 0.3) is 0 Å². The lowest BCUT2D eigenvalue weighted by atomic mass is 10.1. The van der Waals surface area contributed by atoms with Crippen LogP contribution in [-0.2, 0) is 14.1 Å². The molecule has 0 radical (unpaired) electrons. The van der Waals surface area contributed by atoms with Gasteiger partial charge in [0.25, 0.3) is 5.56 Å². The van der Waals surface area contributed by atoms with Crippen molar-refractivity contribution < 1.29 is 0 Å². The molecular formula is C10H17N5O2. The molecule has 0 aromatic carbocycles. The lowest BCUT2D eigenvalue weighted by Crippen LogP contribution is -2.43. The molecular weight excluding hydrogens is 222 g/mol. The fraction of sp³-hybridized carbons (Fsp3) is 0.700. The van der Waals surface area contributed by atoms with Crippen LogP contribution < -0.4 is 21.9 Å². The largest absolute Gasteiger partial charge is 0.349 e. The molecule has 1 aromatic rings. The summed E-state index contributed by atoms with van der Waals surface area (Å²) < 4.78 is 2.24. The Bertz CT molecular complexity index is 537. The van der Waals surface area contributed by atoms with Crippen molar-refractivity contribution in [1.29, 1.82) is 0 Å². The smallest absolute Gasteiger partial charge is 0.346 e. The van der Waals surface area contributed by atoms with Gasteiger partial charge in [-0.25, -0.2) is 9.48 Å². The summed E-state index contributed by atoms with van der Waals surface area (Å²) in [7, 11) is 2.99. The lowest BCUT2D eigenvalue weighted by molar-refractivity contribution is 0.565. The molecule has 2 N–H and O–H groups in total. The Morgan fingerprint density at radius 2 is 1.94 bits per heavy atom. The van der Waals surface area contributed by atoms with Gasteiger partial charge < -0.3 is 10.6 Å². The van der Waals surface area contributed by atoms with Gasteiger partial charge in [-0.15, -0.1) is 5.10 Å². The zero-order valence-corrected chi connectivity index (χ0v) is 10.3. The predicted octanol–water partition coefficient (Wildman–Crippen LogP) is -1.74. The zero-order chi connectivity index (χ0) is 12.7. The third-order valence-electron chi connectivity index (χ3n) is 3.27. The Morgan fingerprint density at radius 1 is 1.29 bits per heavy atom. The normalized spacial score (nSPS) is 24.4. The first-order chi connectivity index (χ1) is 7.91. The Balaban J connectivity index is 2.48. The highest BCUT2D eigenvalue weighted by Gasteiger charge is 2.29. The van der Waals surface area contributed by atoms with Crippen LogP contribution in [0.4, 0.5) is 5.82 Å². The molecule has 2 rings (SSSR count). The number of hydrogen-bond acceptors (Lipinski definition) is 5. The lowest BCUT2D eigenvalue weighted by Gasteiger charge is -2.16. The molecule has 0 spiro atoms. The first-order valence-electron chi connectivity index (χ1n) is 5.56. The third-order valence-corrected chi connectivity index (χ3v) is 3.27. The Labute approximate surface area is 98.5 Å². The van der Waals surface area contributed by atoms with Crippen molar-refractivity contribution in [3.63, 3.8) is 0 Å². The summed E-state index contributed by atoms with van der Waals surface area (Å²) in [5.41, 5.74) is 5.13. The first-order valence-corrected chi connectivity index (χ1v) is 5.56. The Hall–Kier alpha value is -1.63. The van der Waals surface area contributed by atoms with Crippen LogP contribution in [0.1, 0.15) is 6.92 Å². The van der Waals surface area contributed by atoms with Gasteiger partial charge >= 0.3 is 5.69 Å². The molecule has 0 amide bonds. The van der Waals surface area contributed by atoms with Crippen molar-refractivity contribution >= 4 is 5.82 Å². The molecule has 7 heteroatoms. The van der Waals surface area contributed by atoms with Crippen molar-refractivity contribution in [2.75, 3.05) is 18.0 Å². The fourth-order valence-electron chi connectivity index (χ4n) is 2.05.